The largest absolute Gasteiger partial charge is 0.327 e. The van der Waals surface area contributed by atoms with Crippen LogP contribution in [0.5, 0.6) is 0 Å². The SMILES string of the molecule is CSCCS(=O)CC(C)N. The summed E-state index contributed by atoms with van der Waals surface area (Å²) in [7, 11) is -0.696. The number of hydrogen-bond acceptors (Lipinski definition) is 3. The van der Waals surface area contributed by atoms with Crippen molar-refractivity contribution in [1.29, 1.82) is 0 Å². The lowest BCUT2D eigenvalue weighted by molar-refractivity contribution is 0.677. The van der Waals surface area contributed by atoms with Crippen LogP contribution in [0, 0.1) is 0 Å². The van der Waals surface area contributed by atoms with E-state index >= 15 is 0 Å². The number of nitrogens with two attached hydrogens (primary N) is 1. The van der Waals surface area contributed by atoms with Crippen LogP contribution in [-0.4, -0.2) is 33.8 Å². The molecule has 0 saturated carbocycles. The van der Waals surface area contributed by atoms with Crippen molar-refractivity contribution in [3.05, 3.63) is 0 Å². The zero-order chi connectivity index (χ0) is 7.98. The second-order valence-electron chi connectivity index (χ2n) is 2.28. The van der Waals surface area contributed by atoms with E-state index in [4.69, 9.17) is 5.73 Å². The predicted octanol–water partition coefficient (Wildman–Crippen LogP) is 0.445. The molecule has 0 saturated heterocycles. The summed E-state index contributed by atoms with van der Waals surface area (Å²) in [5.41, 5.74) is 5.47. The predicted molar refractivity (Wildman–Crippen MR) is 49.9 cm³/mol. The van der Waals surface area contributed by atoms with E-state index in [-0.39, 0.29) is 6.04 Å². The zero-order valence-corrected chi connectivity index (χ0v) is 8.13. The molecule has 0 aliphatic rings. The molecule has 0 aromatic heterocycles. The number of thioether (sulfide) groups is 1. The average Bonchev–Trinajstić information content (AvgIpc) is 1.82. The molecule has 2 nitrogen and oxygen atoms in total. The van der Waals surface area contributed by atoms with Crippen LogP contribution in [0.3, 0.4) is 0 Å². The highest BCUT2D eigenvalue weighted by atomic mass is 32.2. The molecule has 4 heteroatoms. The first-order valence-electron chi connectivity index (χ1n) is 3.26. The van der Waals surface area contributed by atoms with Crippen molar-refractivity contribution in [2.75, 3.05) is 23.5 Å². The van der Waals surface area contributed by atoms with Gasteiger partial charge in [0.25, 0.3) is 0 Å². The molecule has 0 radical (unpaired) electrons. The Morgan fingerprint density at radius 3 is 2.70 bits per heavy atom. The Bertz CT molecular complexity index is 106. The zero-order valence-electron chi connectivity index (χ0n) is 6.50. The summed E-state index contributed by atoms with van der Waals surface area (Å²) in [6.45, 7) is 1.89. The molecule has 2 N–H and O–H groups in total. The van der Waals surface area contributed by atoms with Gasteiger partial charge in [-0.2, -0.15) is 11.8 Å². The smallest absolute Gasteiger partial charge is 0.0384 e. The van der Waals surface area contributed by atoms with Gasteiger partial charge in [0.2, 0.25) is 0 Å². The molecule has 0 aromatic carbocycles. The molecule has 0 heterocycles. The highest BCUT2D eigenvalue weighted by molar-refractivity contribution is 7.99. The molecule has 2 unspecified atom stereocenters. The first kappa shape index (κ1) is 10.5. The summed E-state index contributed by atoms with van der Waals surface area (Å²) >= 11 is 1.72. The van der Waals surface area contributed by atoms with Crippen molar-refractivity contribution in [2.45, 2.75) is 13.0 Å². The fourth-order valence-electron chi connectivity index (χ4n) is 0.553. The summed E-state index contributed by atoms with van der Waals surface area (Å²) in [5, 5.41) is 0. The van der Waals surface area contributed by atoms with Gasteiger partial charge in [-0.1, -0.05) is 0 Å². The van der Waals surface area contributed by atoms with Crippen LogP contribution in [0.25, 0.3) is 0 Å². The second kappa shape index (κ2) is 6.19. The fraction of sp³-hybridized carbons (Fsp3) is 1.00. The maximum Gasteiger partial charge on any atom is 0.0384 e. The van der Waals surface area contributed by atoms with Gasteiger partial charge in [0.05, 0.1) is 0 Å². The molecule has 0 fully saturated rings. The summed E-state index contributed by atoms with van der Waals surface area (Å²) in [6.07, 6.45) is 2.02. The molecular formula is C6H15NOS2. The van der Waals surface area contributed by atoms with Gasteiger partial charge < -0.3 is 5.73 Å². The molecule has 0 rings (SSSR count). The molecule has 2 atom stereocenters. The molecule has 0 aliphatic heterocycles. The summed E-state index contributed by atoms with van der Waals surface area (Å²) < 4.78 is 11.0. The fourth-order valence-corrected chi connectivity index (χ4v) is 2.72. The Morgan fingerprint density at radius 1 is 1.70 bits per heavy atom. The van der Waals surface area contributed by atoms with Gasteiger partial charge >= 0.3 is 0 Å². The summed E-state index contributed by atoms with van der Waals surface area (Å²) in [6, 6.07) is 0.0719. The van der Waals surface area contributed by atoms with Gasteiger partial charge in [-0.25, -0.2) is 0 Å². The van der Waals surface area contributed by atoms with Crippen LogP contribution in [0.1, 0.15) is 6.92 Å². The monoisotopic (exact) mass is 181 g/mol. The van der Waals surface area contributed by atoms with Crippen molar-refractivity contribution in [2.24, 2.45) is 5.73 Å². The Kier molecular flexibility index (Phi) is 6.47. The topological polar surface area (TPSA) is 43.1 Å². The van der Waals surface area contributed by atoms with Gasteiger partial charge in [0.15, 0.2) is 0 Å². The van der Waals surface area contributed by atoms with Gasteiger partial charge in [-0.3, -0.25) is 4.21 Å². The molecule has 10 heavy (non-hydrogen) atoms. The lowest BCUT2D eigenvalue weighted by Crippen LogP contribution is -2.24. The summed E-state index contributed by atoms with van der Waals surface area (Å²) in [5.74, 6) is 2.39. The van der Waals surface area contributed by atoms with Crippen LogP contribution in [0.2, 0.25) is 0 Å². The highest BCUT2D eigenvalue weighted by Crippen LogP contribution is 1.94. The standard InChI is InChI=1S/C6H15NOS2/c1-6(7)5-10(8)4-3-9-2/h6H,3-5,7H2,1-2H3. The molecule has 0 aliphatic carbocycles. The summed E-state index contributed by atoms with van der Waals surface area (Å²) in [4.78, 5) is 0. The molecule has 0 bridgehead atoms. The minimum atomic E-state index is -0.696. The van der Waals surface area contributed by atoms with E-state index in [1.54, 1.807) is 11.8 Å². The number of hydrogen-bond donors (Lipinski definition) is 1. The first-order chi connectivity index (χ1) is 4.66. The average molecular weight is 181 g/mol. The van der Waals surface area contributed by atoms with Crippen molar-refractivity contribution in [3.8, 4) is 0 Å². The third kappa shape index (κ3) is 6.58. The molecule has 62 valence electrons. The van der Waals surface area contributed by atoms with Crippen LogP contribution < -0.4 is 5.73 Å². The van der Waals surface area contributed by atoms with E-state index in [0.29, 0.717) is 5.75 Å². The van der Waals surface area contributed by atoms with Crippen molar-refractivity contribution in [1.82, 2.24) is 0 Å². The number of rotatable bonds is 5. The van der Waals surface area contributed by atoms with Gasteiger partial charge in [0.1, 0.15) is 0 Å². The maximum absolute atomic E-state index is 11.0. The highest BCUT2D eigenvalue weighted by Gasteiger charge is 2.01. The Morgan fingerprint density at radius 2 is 2.30 bits per heavy atom. The van der Waals surface area contributed by atoms with Crippen LogP contribution in [0.15, 0.2) is 0 Å². The molecule has 0 aromatic rings. The minimum absolute atomic E-state index is 0.0719. The van der Waals surface area contributed by atoms with E-state index in [2.05, 4.69) is 0 Å². The van der Waals surface area contributed by atoms with Crippen molar-refractivity contribution >= 4 is 22.6 Å². The quantitative estimate of drug-likeness (QED) is 0.669. The Labute approximate surface area is 69.4 Å². The second-order valence-corrected chi connectivity index (χ2v) is 4.89. The van der Waals surface area contributed by atoms with Crippen molar-refractivity contribution < 1.29 is 4.21 Å². The minimum Gasteiger partial charge on any atom is -0.327 e. The molecule has 0 spiro atoms. The van der Waals surface area contributed by atoms with Gasteiger partial charge in [-0.15, -0.1) is 0 Å². The maximum atomic E-state index is 11.0. The lowest BCUT2D eigenvalue weighted by Gasteiger charge is -2.03. The van der Waals surface area contributed by atoms with Gasteiger partial charge in [-0.05, 0) is 13.2 Å². The van der Waals surface area contributed by atoms with Crippen molar-refractivity contribution in [3.63, 3.8) is 0 Å². The Hall–Kier alpha value is 0.460. The third-order valence-corrected chi connectivity index (χ3v) is 3.39. The Balaban J connectivity index is 3.26. The van der Waals surface area contributed by atoms with E-state index in [0.717, 1.165) is 11.5 Å². The van der Waals surface area contributed by atoms with Crippen LogP contribution >= 0.6 is 11.8 Å². The first-order valence-corrected chi connectivity index (χ1v) is 6.14. The van der Waals surface area contributed by atoms with E-state index in [1.807, 2.05) is 13.2 Å². The third-order valence-electron chi connectivity index (χ3n) is 0.964. The van der Waals surface area contributed by atoms with Crippen LogP contribution in [-0.2, 0) is 10.8 Å². The van der Waals surface area contributed by atoms with Gasteiger partial charge in [0, 0.05) is 34.1 Å². The van der Waals surface area contributed by atoms with E-state index in [1.165, 1.54) is 0 Å². The van der Waals surface area contributed by atoms with E-state index in [9.17, 15) is 4.21 Å². The molecular weight excluding hydrogens is 166 g/mol. The van der Waals surface area contributed by atoms with E-state index < -0.39 is 10.8 Å². The normalized spacial score (nSPS) is 16.7. The molecule has 0 amide bonds. The van der Waals surface area contributed by atoms with Crippen LogP contribution in [0.4, 0.5) is 0 Å². The lowest BCUT2D eigenvalue weighted by atomic mass is 10.4.